The summed E-state index contributed by atoms with van der Waals surface area (Å²) in [6, 6.07) is 4.49. The molecular formula is C11H15ClN2O2. The second kappa shape index (κ2) is 6.33. The van der Waals surface area contributed by atoms with E-state index in [4.69, 9.17) is 11.6 Å². The van der Waals surface area contributed by atoms with Crippen LogP contribution in [0.3, 0.4) is 0 Å². The summed E-state index contributed by atoms with van der Waals surface area (Å²) in [7, 11) is 0. The van der Waals surface area contributed by atoms with E-state index in [9.17, 15) is 9.59 Å². The van der Waals surface area contributed by atoms with E-state index in [1.165, 1.54) is 6.07 Å². The smallest absolute Gasteiger partial charge is 0.267 e. The zero-order valence-electron chi connectivity index (χ0n) is 9.13. The lowest BCUT2D eigenvalue weighted by molar-refractivity contribution is 0.0947. The minimum Gasteiger partial charge on any atom is -0.351 e. The Balaban J connectivity index is 2.38. The van der Waals surface area contributed by atoms with Gasteiger partial charge in [-0.15, -0.1) is 11.6 Å². The van der Waals surface area contributed by atoms with Crippen LogP contribution >= 0.6 is 11.6 Å². The first-order valence-electron chi connectivity index (χ1n) is 5.21. The van der Waals surface area contributed by atoms with Crippen LogP contribution in [0.15, 0.2) is 23.0 Å². The van der Waals surface area contributed by atoms with E-state index in [2.05, 4.69) is 10.3 Å². The highest BCUT2D eigenvalue weighted by Crippen LogP contribution is 2.02. The van der Waals surface area contributed by atoms with E-state index in [1.807, 2.05) is 6.92 Å². The number of nitrogens with one attached hydrogen (secondary N) is 2. The number of amides is 1. The number of halogens is 1. The van der Waals surface area contributed by atoms with Gasteiger partial charge in [0.25, 0.3) is 5.91 Å². The van der Waals surface area contributed by atoms with Gasteiger partial charge in [0.2, 0.25) is 5.56 Å². The van der Waals surface area contributed by atoms with Gasteiger partial charge in [-0.05, 0) is 25.8 Å². The molecule has 2 N–H and O–H groups in total. The monoisotopic (exact) mass is 242 g/mol. The predicted molar refractivity (Wildman–Crippen MR) is 63.9 cm³/mol. The first-order valence-corrected chi connectivity index (χ1v) is 5.65. The Hall–Kier alpha value is -1.29. The molecule has 0 aliphatic rings. The molecule has 0 fully saturated rings. The summed E-state index contributed by atoms with van der Waals surface area (Å²) < 4.78 is 0. The Bertz CT molecular complexity index is 401. The lowest BCUT2D eigenvalue weighted by Crippen LogP contribution is -2.27. The molecule has 1 rings (SSSR count). The lowest BCUT2D eigenvalue weighted by Gasteiger charge is -2.05. The summed E-state index contributed by atoms with van der Waals surface area (Å²) in [4.78, 5) is 25.0. The van der Waals surface area contributed by atoms with Crippen molar-refractivity contribution in [1.82, 2.24) is 10.3 Å². The number of H-pyrrole nitrogens is 1. The average Bonchev–Trinajstić information content (AvgIpc) is 2.24. The van der Waals surface area contributed by atoms with Crippen molar-refractivity contribution >= 4 is 17.5 Å². The van der Waals surface area contributed by atoms with E-state index in [0.29, 0.717) is 6.54 Å². The van der Waals surface area contributed by atoms with Gasteiger partial charge >= 0.3 is 0 Å². The zero-order valence-corrected chi connectivity index (χ0v) is 9.88. The Morgan fingerprint density at radius 1 is 1.56 bits per heavy atom. The van der Waals surface area contributed by atoms with Gasteiger partial charge < -0.3 is 10.3 Å². The molecule has 4 nitrogen and oxygen atoms in total. The minimum atomic E-state index is -0.276. The molecule has 1 atom stereocenters. The number of aromatic nitrogens is 1. The fraction of sp³-hybridized carbons (Fsp3) is 0.455. The van der Waals surface area contributed by atoms with E-state index < -0.39 is 0 Å². The molecule has 0 bridgehead atoms. The van der Waals surface area contributed by atoms with Crippen LogP contribution in [0.1, 0.15) is 30.3 Å². The van der Waals surface area contributed by atoms with Gasteiger partial charge in [0.1, 0.15) is 5.69 Å². The summed E-state index contributed by atoms with van der Waals surface area (Å²) >= 11 is 5.77. The number of hydrogen-bond donors (Lipinski definition) is 2. The molecule has 1 unspecified atom stereocenters. The summed E-state index contributed by atoms with van der Waals surface area (Å²) in [5.74, 6) is -0.264. The number of rotatable bonds is 5. The fourth-order valence-corrected chi connectivity index (χ4v) is 1.42. The molecular weight excluding hydrogens is 228 g/mol. The number of hydrogen-bond acceptors (Lipinski definition) is 2. The molecule has 1 amide bonds. The Morgan fingerprint density at radius 3 is 2.94 bits per heavy atom. The molecule has 0 radical (unpaired) electrons. The molecule has 1 heterocycles. The van der Waals surface area contributed by atoms with Crippen LogP contribution in [0.5, 0.6) is 0 Å². The largest absolute Gasteiger partial charge is 0.351 e. The molecule has 0 saturated carbocycles. The molecule has 0 aromatic carbocycles. The van der Waals surface area contributed by atoms with Crippen molar-refractivity contribution in [2.45, 2.75) is 25.1 Å². The Morgan fingerprint density at radius 2 is 2.31 bits per heavy atom. The zero-order chi connectivity index (χ0) is 12.0. The molecule has 0 spiro atoms. The topological polar surface area (TPSA) is 62.0 Å². The first-order chi connectivity index (χ1) is 7.59. The summed E-state index contributed by atoms with van der Waals surface area (Å²) in [5.41, 5.74) is 0.00783. The van der Waals surface area contributed by atoms with Crippen LogP contribution in [-0.4, -0.2) is 22.8 Å². The molecule has 1 aromatic rings. The SMILES string of the molecule is CC(Cl)CCCNC(=O)c1cccc(=O)[nH]1. The molecule has 5 heteroatoms. The highest BCUT2D eigenvalue weighted by Gasteiger charge is 2.05. The third-order valence-corrected chi connectivity index (χ3v) is 2.30. The highest BCUT2D eigenvalue weighted by atomic mass is 35.5. The van der Waals surface area contributed by atoms with Crippen LogP contribution in [0.4, 0.5) is 0 Å². The van der Waals surface area contributed by atoms with Gasteiger partial charge in [0, 0.05) is 18.0 Å². The van der Waals surface area contributed by atoms with Crippen molar-refractivity contribution < 1.29 is 4.79 Å². The van der Waals surface area contributed by atoms with Gasteiger partial charge in [-0.2, -0.15) is 0 Å². The molecule has 0 aliphatic heterocycles. The molecule has 1 aromatic heterocycles. The molecule has 0 saturated heterocycles. The van der Waals surface area contributed by atoms with Crippen molar-refractivity contribution in [3.63, 3.8) is 0 Å². The quantitative estimate of drug-likeness (QED) is 0.607. The number of alkyl halides is 1. The van der Waals surface area contributed by atoms with Gasteiger partial charge in [0.05, 0.1) is 0 Å². The third kappa shape index (κ3) is 4.49. The summed E-state index contributed by atoms with van der Waals surface area (Å²) in [6.45, 7) is 2.48. The molecule has 0 aliphatic carbocycles. The predicted octanol–water partition coefficient (Wildman–Crippen LogP) is 1.51. The Labute approximate surface area is 99.0 Å². The van der Waals surface area contributed by atoms with Gasteiger partial charge in [-0.1, -0.05) is 6.07 Å². The van der Waals surface area contributed by atoms with Crippen molar-refractivity contribution in [3.8, 4) is 0 Å². The van der Waals surface area contributed by atoms with Crippen LogP contribution in [0, 0.1) is 0 Å². The maximum Gasteiger partial charge on any atom is 0.267 e. The van der Waals surface area contributed by atoms with E-state index in [-0.39, 0.29) is 22.5 Å². The van der Waals surface area contributed by atoms with E-state index in [0.717, 1.165) is 12.8 Å². The number of carbonyl (C=O) groups excluding carboxylic acids is 1. The van der Waals surface area contributed by atoms with Gasteiger partial charge in [-0.3, -0.25) is 9.59 Å². The van der Waals surface area contributed by atoms with Gasteiger partial charge in [-0.25, -0.2) is 0 Å². The number of pyridine rings is 1. The molecule has 88 valence electrons. The van der Waals surface area contributed by atoms with Crippen molar-refractivity contribution in [3.05, 3.63) is 34.2 Å². The maximum atomic E-state index is 11.5. The fourth-order valence-electron chi connectivity index (χ4n) is 1.26. The third-order valence-electron chi connectivity index (χ3n) is 2.08. The first kappa shape index (κ1) is 12.8. The normalized spacial score (nSPS) is 12.1. The van der Waals surface area contributed by atoms with Crippen molar-refractivity contribution in [2.75, 3.05) is 6.54 Å². The van der Waals surface area contributed by atoms with Crippen LogP contribution < -0.4 is 10.9 Å². The summed E-state index contributed by atoms with van der Waals surface area (Å²) in [5, 5.41) is 2.83. The molecule has 16 heavy (non-hydrogen) atoms. The second-order valence-corrected chi connectivity index (χ2v) is 4.35. The number of carbonyl (C=O) groups is 1. The average molecular weight is 243 g/mol. The van der Waals surface area contributed by atoms with Gasteiger partial charge in [0.15, 0.2) is 0 Å². The van der Waals surface area contributed by atoms with Crippen LogP contribution in [0.25, 0.3) is 0 Å². The van der Waals surface area contributed by atoms with Crippen LogP contribution in [-0.2, 0) is 0 Å². The van der Waals surface area contributed by atoms with Crippen LogP contribution in [0.2, 0.25) is 0 Å². The van der Waals surface area contributed by atoms with E-state index >= 15 is 0 Å². The lowest BCUT2D eigenvalue weighted by atomic mass is 10.2. The summed E-state index contributed by atoms with van der Waals surface area (Å²) in [6.07, 6.45) is 1.68. The highest BCUT2D eigenvalue weighted by molar-refractivity contribution is 6.20. The Kier molecular flexibility index (Phi) is 5.05. The minimum absolute atomic E-state index is 0.119. The van der Waals surface area contributed by atoms with Crippen molar-refractivity contribution in [2.24, 2.45) is 0 Å². The maximum absolute atomic E-state index is 11.5. The second-order valence-electron chi connectivity index (χ2n) is 3.61. The number of aromatic amines is 1. The van der Waals surface area contributed by atoms with Crippen molar-refractivity contribution in [1.29, 1.82) is 0 Å². The standard InChI is InChI=1S/C11H15ClN2O2/c1-8(12)4-3-7-13-11(16)9-5-2-6-10(15)14-9/h2,5-6,8H,3-4,7H2,1H3,(H,13,16)(H,14,15). The van der Waals surface area contributed by atoms with E-state index in [1.54, 1.807) is 12.1 Å².